The maximum absolute atomic E-state index is 3.90. The van der Waals surface area contributed by atoms with Gasteiger partial charge >= 0.3 is 0 Å². The molecule has 0 unspecified atom stereocenters. The third-order valence-corrected chi connectivity index (χ3v) is 2.32. The maximum Gasteiger partial charge on any atom is 0.0380 e. The number of benzene rings is 1. The predicted octanol–water partition coefficient (Wildman–Crippen LogP) is 3.97. The molecule has 1 rings (SSSR count). The fraction of sp³-hybridized carbons (Fsp3) is 0.429. The molecular weight excluding hydrogens is 182 g/mol. The van der Waals surface area contributed by atoms with E-state index in [9.17, 15) is 0 Å². The highest BCUT2D eigenvalue weighted by molar-refractivity contribution is 5.54. The molecule has 0 fully saturated rings. The van der Waals surface area contributed by atoms with Gasteiger partial charge in [0.05, 0.1) is 0 Å². The third kappa shape index (κ3) is 3.43. The Morgan fingerprint density at radius 2 is 1.87 bits per heavy atom. The molecule has 0 radical (unpaired) electrons. The molecule has 0 aromatic heterocycles. The molecule has 1 N–H and O–H groups in total. The minimum Gasteiger partial charge on any atom is -0.381 e. The molecule has 0 atom stereocenters. The van der Waals surface area contributed by atoms with E-state index >= 15 is 0 Å². The summed E-state index contributed by atoms with van der Waals surface area (Å²) in [6, 6.07) is 8.47. The Morgan fingerprint density at radius 1 is 1.27 bits per heavy atom. The summed E-state index contributed by atoms with van der Waals surface area (Å²) in [7, 11) is 0. The Kier molecular flexibility index (Phi) is 3.57. The van der Waals surface area contributed by atoms with E-state index in [-0.39, 0.29) is 5.41 Å². The van der Waals surface area contributed by atoms with Crippen molar-refractivity contribution in [2.24, 2.45) is 0 Å². The Labute approximate surface area is 93.2 Å². The van der Waals surface area contributed by atoms with Crippen LogP contribution in [0.4, 0.5) is 5.69 Å². The summed E-state index contributed by atoms with van der Waals surface area (Å²) in [6.07, 6.45) is 0. The van der Waals surface area contributed by atoms with Crippen molar-refractivity contribution >= 4 is 5.69 Å². The molecule has 15 heavy (non-hydrogen) atoms. The molecule has 1 nitrogen and oxygen atoms in total. The van der Waals surface area contributed by atoms with Gasteiger partial charge in [-0.25, -0.2) is 0 Å². The SMILES string of the molecule is C=C(C)CNc1ccccc1C(C)(C)C. The first-order chi connectivity index (χ1) is 6.91. The molecular formula is C14H21N. The van der Waals surface area contributed by atoms with Gasteiger partial charge in [-0.1, -0.05) is 51.1 Å². The number of hydrogen-bond acceptors (Lipinski definition) is 1. The lowest BCUT2D eigenvalue weighted by molar-refractivity contribution is 0.592. The molecule has 1 aromatic rings. The Bertz CT molecular complexity index is 345. The van der Waals surface area contributed by atoms with Gasteiger partial charge in [-0.15, -0.1) is 0 Å². The maximum atomic E-state index is 3.90. The van der Waals surface area contributed by atoms with Gasteiger partial charge in [0.1, 0.15) is 0 Å². The molecule has 0 spiro atoms. The van der Waals surface area contributed by atoms with Crippen molar-refractivity contribution in [1.29, 1.82) is 0 Å². The molecule has 0 heterocycles. The quantitative estimate of drug-likeness (QED) is 0.733. The van der Waals surface area contributed by atoms with E-state index in [0.717, 1.165) is 12.1 Å². The fourth-order valence-electron chi connectivity index (χ4n) is 1.54. The average molecular weight is 203 g/mol. The van der Waals surface area contributed by atoms with Crippen molar-refractivity contribution in [1.82, 2.24) is 0 Å². The second-order valence-electron chi connectivity index (χ2n) is 5.11. The lowest BCUT2D eigenvalue weighted by Crippen LogP contribution is -2.15. The lowest BCUT2D eigenvalue weighted by atomic mass is 9.86. The van der Waals surface area contributed by atoms with Crippen molar-refractivity contribution < 1.29 is 0 Å². The van der Waals surface area contributed by atoms with Crippen LogP contribution in [0.15, 0.2) is 36.4 Å². The largest absolute Gasteiger partial charge is 0.381 e. The average Bonchev–Trinajstić information content (AvgIpc) is 2.13. The highest BCUT2D eigenvalue weighted by Crippen LogP contribution is 2.29. The van der Waals surface area contributed by atoms with E-state index in [2.05, 4.69) is 56.9 Å². The van der Waals surface area contributed by atoms with Crippen LogP contribution in [0.1, 0.15) is 33.3 Å². The molecule has 82 valence electrons. The summed E-state index contributed by atoms with van der Waals surface area (Å²) in [4.78, 5) is 0. The van der Waals surface area contributed by atoms with Crippen molar-refractivity contribution in [2.75, 3.05) is 11.9 Å². The van der Waals surface area contributed by atoms with Crippen LogP contribution >= 0.6 is 0 Å². The smallest absolute Gasteiger partial charge is 0.0380 e. The Balaban J connectivity index is 2.92. The van der Waals surface area contributed by atoms with Gasteiger partial charge in [0.15, 0.2) is 0 Å². The third-order valence-electron chi connectivity index (χ3n) is 2.32. The van der Waals surface area contributed by atoms with Crippen molar-refractivity contribution in [3.8, 4) is 0 Å². The zero-order valence-corrected chi connectivity index (χ0v) is 10.2. The van der Waals surface area contributed by atoms with Crippen LogP contribution in [0.3, 0.4) is 0 Å². The number of rotatable bonds is 3. The van der Waals surface area contributed by atoms with Crippen LogP contribution in [-0.2, 0) is 5.41 Å². The predicted molar refractivity (Wildman–Crippen MR) is 68.4 cm³/mol. The van der Waals surface area contributed by atoms with Crippen LogP contribution in [0.2, 0.25) is 0 Å². The van der Waals surface area contributed by atoms with Gasteiger partial charge in [0, 0.05) is 12.2 Å². The molecule has 0 aliphatic rings. The molecule has 1 heteroatoms. The standard InChI is InChI=1S/C14H21N/c1-11(2)10-15-13-9-7-6-8-12(13)14(3,4)5/h6-9,15H,1,10H2,2-5H3. The first-order valence-electron chi connectivity index (χ1n) is 5.39. The van der Waals surface area contributed by atoms with Crippen LogP contribution in [-0.4, -0.2) is 6.54 Å². The van der Waals surface area contributed by atoms with Gasteiger partial charge in [0.25, 0.3) is 0 Å². The van der Waals surface area contributed by atoms with Crippen LogP contribution in [0.5, 0.6) is 0 Å². The molecule has 0 saturated heterocycles. The van der Waals surface area contributed by atoms with Gasteiger partial charge < -0.3 is 5.32 Å². The van der Waals surface area contributed by atoms with Gasteiger partial charge in [-0.2, -0.15) is 0 Å². The summed E-state index contributed by atoms with van der Waals surface area (Å²) < 4.78 is 0. The Hall–Kier alpha value is -1.24. The number of anilines is 1. The minimum atomic E-state index is 0.179. The van der Waals surface area contributed by atoms with Crippen LogP contribution in [0.25, 0.3) is 0 Å². The van der Waals surface area contributed by atoms with Crippen molar-refractivity contribution in [3.05, 3.63) is 42.0 Å². The topological polar surface area (TPSA) is 12.0 Å². The zero-order chi connectivity index (χ0) is 11.5. The van der Waals surface area contributed by atoms with Gasteiger partial charge in [0.2, 0.25) is 0 Å². The second-order valence-corrected chi connectivity index (χ2v) is 5.11. The molecule has 0 aliphatic carbocycles. The summed E-state index contributed by atoms with van der Waals surface area (Å²) in [5.41, 5.74) is 3.90. The number of nitrogens with one attached hydrogen (secondary N) is 1. The van der Waals surface area contributed by atoms with E-state index < -0.39 is 0 Å². The normalized spacial score (nSPS) is 11.2. The molecule has 0 bridgehead atoms. The highest BCUT2D eigenvalue weighted by atomic mass is 14.9. The summed E-state index contributed by atoms with van der Waals surface area (Å²) in [6.45, 7) is 13.5. The molecule has 0 saturated carbocycles. The highest BCUT2D eigenvalue weighted by Gasteiger charge is 2.16. The van der Waals surface area contributed by atoms with Crippen LogP contribution < -0.4 is 5.32 Å². The van der Waals surface area contributed by atoms with E-state index in [1.165, 1.54) is 11.3 Å². The Morgan fingerprint density at radius 3 is 2.40 bits per heavy atom. The van der Waals surface area contributed by atoms with Crippen molar-refractivity contribution in [2.45, 2.75) is 33.1 Å². The van der Waals surface area contributed by atoms with E-state index in [1.54, 1.807) is 0 Å². The van der Waals surface area contributed by atoms with Crippen LogP contribution in [0, 0.1) is 0 Å². The first-order valence-corrected chi connectivity index (χ1v) is 5.39. The zero-order valence-electron chi connectivity index (χ0n) is 10.2. The van der Waals surface area contributed by atoms with Gasteiger partial charge in [-0.05, 0) is 24.0 Å². The fourth-order valence-corrected chi connectivity index (χ4v) is 1.54. The first kappa shape index (κ1) is 11.8. The second kappa shape index (κ2) is 4.52. The molecule has 0 aliphatic heterocycles. The van der Waals surface area contributed by atoms with E-state index in [1.807, 2.05) is 6.92 Å². The lowest BCUT2D eigenvalue weighted by Gasteiger charge is -2.23. The summed E-state index contributed by atoms with van der Waals surface area (Å²) in [5, 5.41) is 3.42. The summed E-state index contributed by atoms with van der Waals surface area (Å²) >= 11 is 0. The van der Waals surface area contributed by atoms with E-state index in [4.69, 9.17) is 0 Å². The van der Waals surface area contributed by atoms with Gasteiger partial charge in [-0.3, -0.25) is 0 Å². The molecule has 1 aromatic carbocycles. The van der Waals surface area contributed by atoms with Crippen molar-refractivity contribution in [3.63, 3.8) is 0 Å². The monoisotopic (exact) mass is 203 g/mol. The molecule has 0 amide bonds. The number of hydrogen-bond donors (Lipinski definition) is 1. The number of para-hydroxylation sites is 1. The summed E-state index contributed by atoms with van der Waals surface area (Å²) in [5.74, 6) is 0. The van der Waals surface area contributed by atoms with E-state index in [0.29, 0.717) is 0 Å². The minimum absolute atomic E-state index is 0.179.